The topological polar surface area (TPSA) is 38.0 Å². The Kier molecular flexibility index (Phi) is 5.32. The van der Waals surface area contributed by atoms with Crippen LogP contribution in [0.15, 0.2) is 18.2 Å². The largest absolute Gasteiger partial charge is 0.392 e. The van der Waals surface area contributed by atoms with Crippen LogP contribution in [0.4, 0.5) is 5.69 Å². The van der Waals surface area contributed by atoms with E-state index >= 15 is 0 Å². The lowest BCUT2D eigenvalue weighted by Gasteiger charge is -2.18. The van der Waals surface area contributed by atoms with Gasteiger partial charge in [0.15, 0.2) is 0 Å². The van der Waals surface area contributed by atoms with Crippen molar-refractivity contribution in [3.05, 3.63) is 28.2 Å². The molecule has 1 atom stereocenters. The van der Waals surface area contributed by atoms with Crippen LogP contribution < -0.4 is 11.1 Å². The number of thiocarbonyl (C=S) groups is 1. The molecule has 3 N–H and O–H groups in total. The van der Waals surface area contributed by atoms with Gasteiger partial charge in [0.25, 0.3) is 0 Å². The van der Waals surface area contributed by atoms with Gasteiger partial charge in [0.1, 0.15) is 0 Å². The van der Waals surface area contributed by atoms with Crippen LogP contribution in [0.3, 0.4) is 0 Å². The van der Waals surface area contributed by atoms with E-state index in [1.807, 2.05) is 0 Å². The van der Waals surface area contributed by atoms with Gasteiger partial charge in [0.2, 0.25) is 0 Å². The average Bonchev–Trinajstić information content (AvgIpc) is 2.15. The lowest BCUT2D eigenvalue weighted by molar-refractivity contribution is 0.767. The zero-order valence-corrected chi connectivity index (χ0v) is 11.3. The standard InChI is InChI=1S/C11H14Cl2N2S/c1-2-3-10(11(14)16)15-9-5-7(12)4-8(13)6-9/h4-6,10,15H,2-3H2,1H3,(H2,14,16). The predicted octanol–water partition coefficient (Wildman–Crippen LogP) is 3.86. The highest BCUT2D eigenvalue weighted by Gasteiger charge is 2.10. The van der Waals surface area contributed by atoms with E-state index in [1.54, 1.807) is 18.2 Å². The normalized spacial score (nSPS) is 12.2. The van der Waals surface area contributed by atoms with Crippen molar-refractivity contribution in [3.8, 4) is 0 Å². The Morgan fingerprint density at radius 1 is 1.38 bits per heavy atom. The van der Waals surface area contributed by atoms with Crippen LogP contribution in [-0.2, 0) is 0 Å². The minimum atomic E-state index is -0.0190. The smallest absolute Gasteiger partial charge is 0.0953 e. The van der Waals surface area contributed by atoms with Crippen LogP contribution in [0.2, 0.25) is 10.0 Å². The molecular formula is C11H14Cl2N2S. The summed E-state index contributed by atoms with van der Waals surface area (Å²) in [5.41, 5.74) is 6.49. The van der Waals surface area contributed by atoms with Crippen molar-refractivity contribution in [1.29, 1.82) is 0 Å². The van der Waals surface area contributed by atoms with Crippen LogP contribution in [0.25, 0.3) is 0 Å². The van der Waals surface area contributed by atoms with Gasteiger partial charge in [-0.3, -0.25) is 0 Å². The Bertz CT molecular complexity index is 362. The number of anilines is 1. The molecule has 0 aliphatic carbocycles. The summed E-state index contributed by atoms with van der Waals surface area (Å²) in [4.78, 5) is 0.456. The van der Waals surface area contributed by atoms with Gasteiger partial charge in [0.05, 0.1) is 11.0 Å². The maximum Gasteiger partial charge on any atom is 0.0953 e. The van der Waals surface area contributed by atoms with Crippen molar-refractivity contribution < 1.29 is 0 Å². The van der Waals surface area contributed by atoms with Crippen molar-refractivity contribution in [2.45, 2.75) is 25.8 Å². The summed E-state index contributed by atoms with van der Waals surface area (Å²) < 4.78 is 0. The number of rotatable bonds is 5. The van der Waals surface area contributed by atoms with Gasteiger partial charge in [-0.2, -0.15) is 0 Å². The first-order valence-electron chi connectivity index (χ1n) is 5.05. The third-order valence-electron chi connectivity index (χ3n) is 2.12. The molecule has 0 aliphatic heterocycles. The van der Waals surface area contributed by atoms with Gasteiger partial charge < -0.3 is 11.1 Å². The van der Waals surface area contributed by atoms with Crippen molar-refractivity contribution in [1.82, 2.24) is 0 Å². The Morgan fingerprint density at radius 3 is 2.38 bits per heavy atom. The molecule has 5 heteroatoms. The Labute approximate surface area is 111 Å². The number of nitrogens with one attached hydrogen (secondary N) is 1. The van der Waals surface area contributed by atoms with Crippen molar-refractivity contribution in [2.24, 2.45) is 5.73 Å². The first-order valence-corrected chi connectivity index (χ1v) is 6.21. The number of hydrogen-bond donors (Lipinski definition) is 2. The molecule has 0 amide bonds. The zero-order chi connectivity index (χ0) is 12.1. The lowest BCUT2D eigenvalue weighted by atomic mass is 10.1. The van der Waals surface area contributed by atoms with Crippen LogP contribution in [0.5, 0.6) is 0 Å². The van der Waals surface area contributed by atoms with Crippen LogP contribution in [0, 0.1) is 0 Å². The maximum atomic E-state index is 5.90. The summed E-state index contributed by atoms with van der Waals surface area (Å²) in [6.07, 6.45) is 1.89. The minimum absolute atomic E-state index is 0.0190. The van der Waals surface area contributed by atoms with Gasteiger partial charge in [-0.05, 0) is 24.6 Å². The highest BCUT2D eigenvalue weighted by atomic mass is 35.5. The molecule has 1 aromatic rings. The molecule has 1 rings (SSSR count). The molecule has 1 aromatic carbocycles. The number of nitrogens with two attached hydrogens (primary N) is 1. The van der Waals surface area contributed by atoms with Gasteiger partial charge >= 0.3 is 0 Å². The number of benzene rings is 1. The first kappa shape index (κ1) is 13.6. The summed E-state index contributed by atoms with van der Waals surface area (Å²) in [7, 11) is 0. The molecule has 0 bridgehead atoms. The molecule has 2 nitrogen and oxygen atoms in total. The third-order valence-corrected chi connectivity index (χ3v) is 2.85. The summed E-state index contributed by atoms with van der Waals surface area (Å²) in [6, 6.07) is 5.27. The molecule has 0 aromatic heterocycles. The highest BCUT2D eigenvalue weighted by molar-refractivity contribution is 7.80. The van der Waals surface area contributed by atoms with Gasteiger partial charge in [0, 0.05) is 15.7 Å². The lowest BCUT2D eigenvalue weighted by Crippen LogP contribution is -2.33. The zero-order valence-electron chi connectivity index (χ0n) is 8.97. The van der Waals surface area contributed by atoms with E-state index in [0.717, 1.165) is 18.5 Å². The van der Waals surface area contributed by atoms with E-state index in [0.29, 0.717) is 15.0 Å². The molecule has 0 radical (unpaired) electrons. The molecule has 0 saturated carbocycles. The van der Waals surface area contributed by atoms with E-state index in [-0.39, 0.29) is 6.04 Å². The summed E-state index contributed by atoms with van der Waals surface area (Å²) in [5.74, 6) is 0. The van der Waals surface area contributed by atoms with Gasteiger partial charge in [-0.1, -0.05) is 48.8 Å². The van der Waals surface area contributed by atoms with Crippen LogP contribution in [-0.4, -0.2) is 11.0 Å². The summed E-state index contributed by atoms with van der Waals surface area (Å²) in [6.45, 7) is 2.08. The first-order chi connectivity index (χ1) is 7.52. The minimum Gasteiger partial charge on any atom is -0.392 e. The number of halogens is 2. The Hall–Kier alpha value is -0.510. The van der Waals surface area contributed by atoms with E-state index in [2.05, 4.69) is 12.2 Å². The van der Waals surface area contributed by atoms with E-state index in [4.69, 9.17) is 41.2 Å². The van der Waals surface area contributed by atoms with Gasteiger partial charge in [-0.25, -0.2) is 0 Å². The molecule has 0 fully saturated rings. The van der Waals surface area contributed by atoms with Crippen molar-refractivity contribution in [3.63, 3.8) is 0 Å². The molecule has 0 spiro atoms. The van der Waals surface area contributed by atoms with Crippen LogP contribution >= 0.6 is 35.4 Å². The van der Waals surface area contributed by atoms with Crippen LogP contribution in [0.1, 0.15) is 19.8 Å². The number of hydrogen-bond acceptors (Lipinski definition) is 2. The summed E-state index contributed by atoms with van der Waals surface area (Å²) in [5, 5.41) is 4.41. The summed E-state index contributed by atoms with van der Waals surface area (Å²) >= 11 is 16.8. The fourth-order valence-corrected chi connectivity index (χ4v) is 2.12. The van der Waals surface area contributed by atoms with E-state index in [1.165, 1.54) is 0 Å². The van der Waals surface area contributed by atoms with E-state index < -0.39 is 0 Å². The molecule has 0 saturated heterocycles. The predicted molar refractivity (Wildman–Crippen MR) is 75.6 cm³/mol. The van der Waals surface area contributed by atoms with Crippen molar-refractivity contribution >= 4 is 46.1 Å². The molecule has 1 unspecified atom stereocenters. The Balaban J connectivity index is 2.80. The average molecular weight is 277 g/mol. The monoisotopic (exact) mass is 276 g/mol. The second kappa shape index (κ2) is 6.28. The molecule has 16 heavy (non-hydrogen) atoms. The quantitative estimate of drug-likeness (QED) is 0.802. The van der Waals surface area contributed by atoms with Gasteiger partial charge in [-0.15, -0.1) is 0 Å². The molecular weight excluding hydrogens is 263 g/mol. The molecule has 0 aliphatic rings. The third kappa shape index (κ3) is 4.16. The SMILES string of the molecule is CCCC(Nc1cc(Cl)cc(Cl)c1)C(N)=S. The second-order valence-corrected chi connectivity index (χ2v) is 4.89. The maximum absolute atomic E-state index is 5.90. The highest BCUT2D eigenvalue weighted by Crippen LogP contribution is 2.23. The Morgan fingerprint density at radius 2 is 1.94 bits per heavy atom. The van der Waals surface area contributed by atoms with Crippen molar-refractivity contribution in [2.75, 3.05) is 5.32 Å². The fourth-order valence-electron chi connectivity index (χ4n) is 1.41. The second-order valence-electron chi connectivity index (χ2n) is 3.55. The van der Waals surface area contributed by atoms with E-state index in [9.17, 15) is 0 Å². The fraction of sp³-hybridized carbons (Fsp3) is 0.364. The molecule has 88 valence electrons. The molecule has 0 heterocycles.